The van der Waals surface area contributed by atoms with E-state index in [9.17, 15) is 4.79 Å². The minimum Gasteiger partial charge on any atom is -0.450 e. The Morgan fingerprint density at radius 3 is 1.79 bits per heavy atom. The van der Waals surface area contributed by atoms with E-state index in [1.807, 2.05) is 60.7 Å². The van der Waals surface area contributed by atoms with Gasteiger partial charge in [-0.15, -0.1) is 0 Å². The minimum absolute atomic E-state index is 0.00354. The molecule has 0 aliphatic carbocycles. The highest BCUT2D eigenvalue weighted by molar-refractivity contribution is 7.80. The molecule has 1 amide bonds. The number of benzene rings is 3. The third-order valence-corrected chi connectivity index (χ3v) is 6.65. The van der Waals surface area contributed by atoms with Crippen LogP contribution in [0.2, 0.25) is 0 Å². The highest BCUT2D eigenvalue weighted by Crippen LogP contribution is 2.35. The first kappa shape index (κ1) is 29.2. The van der Waals surface area contributed by atoms with Crippen LogP contribution in [-0.2, 0) is 15.6 Å². The first-order valence-electron chi connectivity index (χ1n) is 13.2. The van der Waals surface area contributed by atoms with Crippen LogP contribution in [0.15, 0.2) is 78.9 Å². The van der Waals surface area contributed by atoms with E-state index >= 15 is 0 Å². The molecule has 0 saturated carbocycles. The van der Waals surface area contributed by atoms with Crippen molar-refractivity contribution in [3.63, 3.8) is 0 Å². The molecule has 38 heavy (non-hydrogen) atoms. The van der Waals surface area contributed by atoms with Gasteiger partial charge in [-0.3, -0.25) is 0 Å². The summed E-state index contributed by atoms with van der Waals surface area (Å²) in [5.74, 6) is 0. The van der Waals surface area contributed by atoms with Crippen molar-refractivity contribution in [2.24, 2.45) is 0 Å². The number of anilines is 1. The molecule has 0 aliphatic heterocycles. The monoisotopic (exact) mass is 531 g/mol. The number of amides is 1. The van der Waals surface area contributed by atoms with Crippen LogP contribution in [-0.4, -0.2) is 17.8 Å². The lowest BCUT2D eigenvalue weighted by atomic mass is 9.81. The lowest BCUT2D eigenvalue weighted by Crippen LogP contribution is -2.42. The zero-order valence-corrected chi connectivity index (χ0v) is 24.4. The molecule has 0 saturated heterocycles. The van der Waals surface area contributed by atoms with Crippen LogP contribution >= 0.6 is 12.2 Å². The van der Waals surface area contributed by atoms with Gasteiger partial charge in [-0.1, -0.05) is 114 Å². The Bertz CT molecular complexity index is 1210. The van der Waals surface area contributed by atoms with Crippen molar-refractivity contribution >= 4 is 29.1 Å². The summed E-state index contributed by atoms with van der Waals surface area (Å²) < 4.78 is 5.25. The van der Waals surface area contributed by atoms with Gasteiger partial charge in [0.25, 0.3) is 0 Å². The van der Waals surface area contributed by atoms with Gasteiger partial charge in [0.15, 0.2) is 5.11 Å². The molecule has 0 fully saturated rings. The van der Waals surface area contributed by atoms with Crippen LogP contribution < -0.4 is 16.0 Å². The smallest absolute Gasteiger partial charge is 0.407 e. The average Bonchev–Trinajstić information content (AvgIpc) is 2.86. The van der Waals surface area contributed by atoms with Crippen molar-refractivity contribution < 1.29 is 9.53 Å². The summed E-state index contributed by atoms with van der Waals surface area (Å²) >= 11 is 5.90. The lowest BCUT2D eigenvalue weighted by Gasteiger charge is -2.32. The van der Waals surface area contributed by atoms with Gasteiger partial charge < -0.3 is 20.7 Å². The Kier molecular flexibility index (Phi) is 9.55. The molecule has 0 aliphatic rings. The molecule has 0 unspecified atom stereocenters. The SMILES string of the molecule is CCOC(=O)N[C@@H](c1ccccc1)[C@@H](NC(=S)Nc1cc(C(C)(C)C)ccc1C(C)(C)C)c1ccccc1. The van der Waals surface area contributed by atoms with E-state index in [0.29, 0.717) is 5.11 Å². The summed E-state index contributed by atoms with van der Waals surface area (Å²) in [6, 6.07) is 25.7. The second-order valence-electron chi connectivity index (χ2n) is 11.5. The first-order valence-corrected chi connectivity index (χ1v) is 13.6. The van der Waals surface area contributed by atoms with E-state index in [0.717, 1.165) is 16.8 Å². The molecule has 3 aromatic carbocycles. The molecule has 0 spiro atoms. The summed E-state index contributed by atoms with van der Waals surface area (Å²) in [6.07, 6.45) is -0.476. The predicted molar refractivity (Wildman–Crippen MR) is 162 cm³/mol. The molecule has 6 heteroatoms. The van der Waals surface area contributed by atoms with Crippen LogP contribution in [0, 0.1) is 0 Å². The summed E-state index contributed by atoms with van der Waals surface area (Å²) in [7, 11) is 0. The van der Waals surface area contributed by atoms with Gasteiger partial charge >= 0.3 is 6.09 Å². The number of nitrogens with one attached hydrogen (secondary N) is 3. The summed E-state index contributed by atoms with van der Waals surface area (Å²) in [5, 5.41) is 10.5. The van der Waals surface area contributed by atoms with E-state index in [2.05, 4.69) is 75.7 Å². The Morgan fingerprint density at radius 2 is 1.32 bits per heavy atom. The number of alkyl carbamates (subject to hydrolysis) is 1. The maximum Gasteiger partial charge on any atom is 0.407 e. The molecule has 202 valence electrons. The van der Waals surface area contributed by atoms with Gasteiger partial charge in [0.1, 0.15) is 0 Å². The Balaban J connectivity index is 2.00. The third-order valence-electron chi connectivity index (χ3n) is 6.43. The first-order chi connectivity index (χ1) is 17.9. The quantitative estimate of drug-likeness (QED) is 0.272. The number of hydrogen-bond acceptors (Lipinski definition) is 3. The standard InChI is InChI=1S/C32H41N3O2S/c1-8-37-30(36)35-28(23-17-13-10-14-18-23)27(22-15-11-9-12-16-22)34-29(38)33-26-21-24(31(2,3)4)19-20-25(26)32(5,6)7/h9-21,27-28H,8H2,1-7H3,(H,35,36)(H2,33,34,38)/t27-,28-/m0/s1. The average molecular weight is 532 g/mol. The second-order valence-corrected chi connectivity index (χ2v) is 11.9. The molecule has 3 rings (SSSR count). The van der Waals surface area contributed by atoms with E-state index in [4.69, 9.17) is 17.0 Å². The molecule has 0 aromatic heterocycles. The van der Waals surface area contributed by atoms with Crippen molar-refractivity contribution in [3.05, 3.63) is 101 Å². The summed E-state index contributed by atoms with van der Waals surface area (Å²) in [4.78, 5) is 12.6. The maximum atomic E-state index is 12.6. The zero-order valence-electron chi connectivity index (χ0n) is 23.6. The van der Waals surface area contributed by atoms with Crippen molar-refractivity contribution in [3.8, 4) is 0 Å². The number of ether oxygens (including phenoxy) is 1. The van der Waals surface area contributed by atoms with Gasteiger partial charge in [-0.25, -0.2) is 4.79 Å². The molecule has 2 atom stereocenters. The predicted octanol–water partition coefficient (Wildman–Crippen LogP) is 7.80. The van der Waals surface area contributed by atoms with Crippen molar-refractivity contribution in [2.45, 2.75) is 71.4 Å². The normalized spacial score (nSPS) is 13.2. The fraction of sp³-hybridized carbons (Fsp3) is 0.375. The minimum atomic E-state index is -0.476. The van der Waals surface area contributed by atoms with Crippen molar-refractivity contribution in [1.29, 1.82) is 0 Å². The summed E-state index contributed by atoms with van der Waals surface area (Å²) in [5.41, 5.74) is 5.22. The molecule has 3 aromatic rings. The van der Waals surface area contributed by atoms with Crippen molar-refractivity contribution in [1.82, 2.24) is 10.6 Å². The largest absolute Gasteiger partial charge is 0.450 e. The number of rotatable bonds is 7. The highest BCUT2D eigenvalue weighted by Gasteiger charge is 2.29. The number of thiocarbonyl (C=S) groups is 1. The zero-order chi connectivity index (χ0) is 27.9. The van der Waals surface area contributed by atoms with Gasteiger partial charge in [0.05, 0.1) is 18.7 Å². The van der Waals surface area contributed by atoms with Crippen LogP contribution in [0.1, 0.15) is 82.8 Å². The van der Waals surface area contributed by atoms with Crippen LogP contribution in [0.4, 0.5) is 10.5 Å². The lowest BCUT2D eigenvalue weighted by molar-refractivity contribution is 0.145. The van der Waals surface area contributed by atoms with E-state index in [1.54, 1.807) is 6.92 Å². The Labute approximate surface area is 233 Å². The summed E-state index contributed by atoms with van der Waals surface area (Å²) in [6.45, 7) is 15.3. The number of carbonyl (C=O) groups is 1. The van der Waals surface area contributed by atoms with Gasteiger partial charge in [-0.2, -0.15) is 0 Å². The number of hydrogen-bond donors (Lipinski definition) is 3. The van der Waals surface area contributed by atoms with E-state index < -0.39 is 12.1 Å². The Morgan fingerprint density at radius 1 is 0.789 bits per heavy atom. The number of carbonyl (C=O) groups excluding carboxylic acids is 1. The second kappa shape index (κ2) is 12.4. The van der Waals surface area contributed by atoms with Crippen molar-refractivity contribution in [2.75, 3.05) is 11.9 Å². The topological polar surface area (TPSA) is 62.4 Å². The van der Waals surface area contributed by atoms with E-state index in [1.165, 1.54) is 11.1 Å². The molecule has 0 heterocycles. The molecular formula is C32H41N3O2S. The fourth-order valence-corrected chi connectivity index (χ4v) is 4.64. The maximum absolute atomic E-state index is 12.6. The van der Waals surface area contributed by atoms with Crippen LogP contribution in [0.25, 0.3) is 0 Å². The Hall–Kier alpha value is -3.38. The molecule has 3 N–H and O–H groups in total. The van der Waals surface area contributed by atoms with Crippen LogP contribution in [0.3, 0.4) is 0 Å². The van der Waals surface area contributed by atoms with Gasteiger partial charge in [0, 0.05) is 5.69 Å². The molecule has 5 nitrogen and oxygen atoms in total. The third kappa shape index (κ3) is 7.81. The fourth-order valence-electron chi connectivity index (χ4n) is 4.41. The van der Waals surface area contributed by atoms with Gasteiger partial charge in [-0.05, 0) is 58.3 Å². The highest BCUT2D eigenvalue weighted by atomic mass is 32.1. The molecule has 0 bridgehead atoms. The van der Waals surface area contributed by atoms with E-state index in [-0.39, 0.29) is 23.5 Å². The van der Waals surface area contributed by atoms with Gasteiger partial charge in [0.2, 0.25) is 0 Å². The molecule has 0 radical (unpaired) electrons. The molecular weight excluding hydrogens is 490 g/mol. The van der Waals surface area contributed by atoms with Crippen LogP contribution in [0.5, 0.6) is 0 Å².